The van der Waals surface area contributed by atoms with E-state index in [1.165, 1.54) is 5.56 Å². The molecule has 24 heavy (non-hydrogen) atoms. The third-order valence-electron chi connectivity index (χ3n) is 4.31. The molecule has 1 aliphatic heterocycles. The highest BCUT2D eigenvalue weighted by atomic mass is 16.5. The van der Waals surface area contributed by atoms with Gasteiger partial charge in [-0.2, -0.15) is 0 Å². The number of ether oxygens (including phenoxy) is 1. The van der Waals surface area contributed by atoms with Crippen LogP contribution >= 0.6 is 0 Å². The van der Waals surface area contributed by atoms with Crippen molar-refractivity contribution in [1.82, 2.24) is 14.9 Å². The monoisotopic (exact) mass is 326 g/mol. The smallest absolute Gasteiger partial charge is 0.132 e. The van der Waals surface area contributed by atoms with Gasteiger partial charge in [0, 0.05) is 44.5 Å². The van der Waals surface area contributed by atoms with E-state index in [9.17, 15) is 0 Å². The van der Waals surface area contributed by atoms with Crippen molar-refractivity contribution in [3.63, 3.8) is 0 Å². The van der Waals surface area contributed by atoms with Crippen LogP contribution in [0.15, 0.2) is 30.3 Å². The van der Waals surface area contributed by atoms with E-state index in [-0.39, 0.29) is 0 Å². The largest absolute Gasteiger partial charge is 0.492 e. The fraction of sp³-hybridized carbons (Fsp3) is 0.474. The predicted octanol–water partition coefficient (Wildman–Crippen LogP) is 2.60. The van der Waals surface area contributed by atoms with Crippen LogP contribution in [0.4, 0.5) is 5.82 Å². The molecule has 1 saturated heterocycles. The van der Waals surface area contributed by atoms with Crippen LogP contribution in [0, 0.1) is 20.8 Å². The number of aromatic nitrogens is 2. The molecular formula is C19H26N4O. The van der Waals surface area contributed by atoms with Crippen molar-refractivity contribution in [2.24, 2.45) is 0 Å². The van der Waals surface area contributed by atoms with Gasteiger partial charge in [-0.1, -0.05) is 12.1 Å². The summed E-state index contributed by atoms with van der Waals surface area (Å²) in [5.41, 5.74) is 2.27. The maximum atomic E-state index is 5.86. The van der Waals surface area contributed by atoms with Crippen LogP contribution in [0.5, 0.6) is 5.75 Å². The van der Waals surface area contributed by atoms with Crippen molar-refractivity contribution in [3.8, 4) is 5.75 Å². The summed E-state index contributed by atoms with van der Waals surface area (Å²) in [6.07, 6.45) is 0. The number of benzene rings is 1. The molecule has 5 nitrogen and oxygen atoms in total. The Morgan fingerprint density at radius 3 is 2.50 bits per heavy atom. The lowest BCUT2D eigenvalue weighted by Gasteiger charge is -2.35. The maximum absolute atomic E-state index is 5.86. The average Bonchev–Trinajstić information content (AvgIpc) is 2.55. The Morgan fingerprint density at radius 1 is 1.00 bits per heavy atom. The van der Waals surface area contributed by atoms with Gasteiger partial charge in [0.25, 0.3) is 0 Å². The molecule has 2 aromatic rings. The summed E-state index contributed by atoms with van der Waals surface area (Å²) in [6, 6.07) is 10.3. The maximum Gasteiger partial charge on any atom is 0.132 e. The van der Waals surface area contributed by atoms with Gasteiger partial charge in [-0.05, 0) is 38.5 Å². The van der Waals surface area contributed by atoms with Crippen LogP contribution in [0.1, 0.15) is 17.1 Å². The van der Waals surface area contributed by atoms with Crippen molar-refractivity contribution in [3.05, 3.63) is 47.4 Å². The summed E-state index contributed by atoms with van der Waals surface area (Å²) in [6.45, 7) is 11.8. The third kappa shape index (κ3) is 4.45. The molecule has 0 aliphatic carbocycles. The molecule has 0 unspecified atom stereocenters. The molecule has 0 N–H and O–H groups in total. The SMILES string of the molecule is Cc1cccc(OCCN2CCN(c3cc(C)nc(C)n3)CC2)c1. The Labute approximate surface area is 144 Å². The first-order valence-corrected chi connectivity index (χ1v) is 8.59. The number of rotatable bonds is 5. The first-order chi connectivity index (χ1) is 11.6. The predicted molar refractivity (Wildman–Crippen MR) is 96.8 cm³/mol. The van der Waals surface area contributed by atoms with E-state index < -0.39 is 0 Å². The molecule has 3 rings (SSSR count). The fourth-order valence-corrected chi connectivity index (χ4v) is 3.06. The Balaban J connectivity index is 1.45. The number of hydrogen-bond acceptors (Lipinski definition) is 5. The van der Waals surface area contributed by atoms with Crippen LogP contribution in [0.3, 0.4) is 0 Å². The highest BCUT2D eigenvalue weighted by molar-refractivity contribution is 5.40. The first-order valence-electron chi connectivity index (χ1n) is 8.59. The van der Waals surface area contributed by atoms with Gasteiger partial charge in [-0.25, -0.2) is 9.97 Å². The number of hydrogen-bond donors (Lipinski definition) is 0. The molecule has 1 aromatic carbocycles. The van der Waals surface area contributed by atoms with Gasteiger partial charge in [0.05, 0.1) is 0 Å². The summed E-state index contributed by atoms with van der Waals surface area (Å²) < 4.78 is 5.86. The molecule has 0 bridgehead atoms. The molecule has 5 heteroatoms. The Morgan fingerprint density at radius 2 is 1.79 bits per heavy atom. The summed E-state index contributed by atoms with van der Waals surface area (Å²) in [5, 5.41) is 0. The van der Waals surface area contributed by atoms with E-state index >= 15 is 0 Å². The van der Waals surface area contributed by atoms with Gasteiger partial charge < -0.3 is 9.64 Å². The van der Waals surface area contributed by atoms with Crippen LogP contribution < -0.4 is 9.64 Å². The van der Waals surface area contributed by atoms with Gasteiger partial charge >= 0.3 is 0 Å². The first kappa shape index (κ1) is 16.7. The zero-order chi connectivity index (χ0) is 16.9. The van der Waals surface area contributed by atoms with Crippen LogP contribution in [0.25, 0.3) is 0 Å². The molecule has 1 aromatic heterocycles. The van der Waals surface area contributed by atoms with E-state index in [2.05, 4.69) is 44.9 Å². The standard InChI is InChI=1S/C19H26N4O/c1-15-5-4-6-18(13-15)24-12-11-22-7-9-23(10-8-22)19-14-16(2)20-17(3)21-19/h4-6,13-14H,7-12H2,1-3H3. The second-order valence-corrected chi connectivity index (χ2v) is 6.41. The molecule has 0 spiro atoms. The molecule has 0 amide bonds. The van der Waals surface area contributed by atoms with E-state index in [1.807, 2.05) is 26.0 Å². The van der Waals surface area contributed by atoms with Crippen molar-refractivity contribution in [2.75, 3.05) is 44.2 Å². The Hall–Kier alpha value is -2.14. The normalized spacial score (nSPS) is 15.5. The van der Waals surface area contributed by atoms with E-state index in [1.54, 1.807) is 0 Å². The highest BCUT2D eigenvalue weighted by Gasteiger charge is 2.18. The highest BCUT2D eigenvalue weighted by Crippen LogP contribution is 2.15. The van der Waals surface area contributed by atoms with Crippen molar-refractivity contribution in [2.45, 2.75) is 20.8 Å². The van der Waals surface area contributed by atoms with Gasteiger partial charge in [-0.15, -0.1) is 0 Å². The zero-order valence-electron chi connectivity index (χ0n) is 14.8. The number of aryl methyl sites for hydroxylation is 3. The topological polar surface area (TPSA) is 41.5 Å². The minimum atomic E-state index is 0.731. The van der Waals surface area contributed by atoms with Gasteiger partial charge in [0.15, 0.2) is 0 Å². The van der Waals surface area contributed by atoms with Gasteiger partial charge in [0.1, 0.15) is 24.0 Å². The van der Waals surface area contributed by atoms with Crippen molar-refractivity contribution in [1.29, 1.82) is 0 Å². The minimum absolute atomic E-state index is 0.731. The second-order valence-electron chi connectivity index (χ2n) is 6.41. The molecule has 0 radical (unpaired) electrons. The number of anilines is 1. The Bertz CT molecular complexity index is 661. The average molecular weight is 326 g/mol. The third-order valence-corrected chi connectivity index (χ3v) is 4.31. The molecular weight excluding hydrogens is 300 g/mol. The van der Waals surface area contributed by atoms with Crippen molar-refractivity contribution < 1.29 is 4.74 Å². The molecule has 0 saturated carbocycles. The molecule has 1 aliphatic rings. The van der Waals surface area contributed by atoms with Crippen LogP contribution in [-0.2, 0) is 0 Å². The zero-order valence-corrected chi connectivity index (χ0v) is 14.8. The quantitative estimate of drug-likeness (QED) is 0.845. The summed E-state index contributed by atoms with van der Waals surface area (Å²) in [5.74, 6) is 2.86. The second kappa shape index (κ2) is 7.62. The Kier molecular flexibility index (Phi) is 5.30. The number of piperazine rings is 1. The lowest BCUT2D eigenvalue weighted by molar-refractivity contribution is 0.200. The van der Waals surface area contributed by atoms with Crippen LogP contribution in [0.2, 0.25) is 0 Å². The summed E-state index contributed by atoms with van der Waals surface area (Å²) >= 11 is 0. The van der Waals surface area contributed by atoms with Crippen molar-refractivity contribution >= 4 is 5.82 Å². The number of nitrogens with zero attached hydrogens (tertiary/aromatic N) is 4. The van der Waals surface area contributed by atoms with E-state index in [0.717, 1.165) is 62.4 Å². The molecule has 128 valence electrons. The summed E-state index contributed by atoms with van der Waals surface area (Å²) in [7, 11) is 0. The molecule has 0 atom stereocenters. The van der Waals surface area contributed by atoms with Gasteiger partial charge in [-0.3, -0.25) is 4.90 Å². The minimum Gasteiger partial charge on any atom is -0.492 e. The van der Waals surface area contributed by atoms with E-state index in [4.69, 9.17) is 4.74 Å². The fourth-order valence-electron chi connectivity index (χ4n) is 3.06. The molecule has 2 heterocycles. The van der Waals surface area contributed by atoms with Gasteiger partial charge in [0.2, 0.25) is 0 Å². The lowest BCUT2D eigenvalue weighted by atomic mass is 10.2. The summed E-state index contributed by atoms with van der Waals surface area (Å²) in [4.78, 5) is 13.7. The lowest BCUT2D eigenvalue weighted by Crippen LogP contribution is -2.47. The van der Waals surface area contributed by atoms with E-state index in [0.29, 0.717) is 0 Å². The molecule has 1 fully saturated rings. The van der Waals surface area contributed by atoms with Crippen LogP contribution in [-0.4, -0.2) is 54.2 Å².